The van der Waals surface area contributed by atoms with Gasteiger partial charge in [0.05, 0.1) is 12.1 Å². The SMILES string of the molecule is CNS(=O)(=O)c1cc(C(=O)N2CCS[C@@H](C(=O)OC)C2)ccc1Cl. The van der Waals surface area contributed by atoms with Gasteiger partial charge in [0.15, 0.2) is 0 Å². The highest BCUT2D eigenvalue weighted by atomic mass is 35.5. The highest BCUT2D eigenvalue weighted by Crippen LogP contribution is 2.25. The minimum Gasteiger partial charge on any atom is -0.468 e. The number of hydrogen-bond donors (Lipinski definition) is 1. The molecule has 1 saturated heterocycles. The molecule has 1 amide bonds. The maximum absolute atomic E-state index is 12.6. The molecule has 0 bridgehead atoms. The van der Waals surface area contributed by atoms with Crippen molar-refractivity contribution in [3.63, 3.8) is 0 Å². The van der Waals surface area contributed by atoms with Gasteiger partial charge in [-0.25, -0.2) is 13.1 Å². The zero-order valence-corrected chi connectivity index (χ0v) is 15.5. The fourth-order valence-corrected chi connectivity index (χ4v) is 4.62. The van der Waals surface area contributed by atoms with Gasteiger partial charge >= 0.3 is 5.97 Å². The van der Waals surface area contributed by atoms with E-state index in [1.54, 1.807) is 0 Å². The number of amides is 1. The van der Waals surface area contributed by atoms with Crippen molar-refractivity contribution in [2.75, 3.05) is 33.0 Å². The molecule has 132 valence electrons. The standard InChI is InChI=1S/C14H17ClN2O5S2/c1-16-24(20,21)12-7-9(3-4-10(12)15)13(18)17-5-6-23-11(8-17)14(19)22-2/h3-4,7,11,16H,5-6,8H2,1-2H3/t11-/m1/s1. The van der Waals surface area contributed by atoms with Gasteiger partial charge in [0.2, 0.25) is 10.0 Å². The van der Waals surface area contributed by atoms with E-state index in [-0.39, 0.29) is 33.9 Å². The smallest absolute Gasteiger partial charge is 0.320 e. The maximum Gasteiger partial charge on any atom is 0.320 e. The summed E-state index contributed by atoms with van der Waals surface area (Å²) in [4.78, 5) is 25.6. The number of nitrogens with zero attached hydrogens (tertiary/aromatic N) is 1. The first kappa shape index (κ1) is 19.0. The number of ether oxygens (including phenoxy) is 1. The summed E-state index contributed by atoms with van der Waals surface area (Å²) in [5.41, 5.74) is 0.198. The summed E-state index contributed by atoms with van der Waals surface area (Å²) in [6.07, 6.45) is 0. The zero-order valence-electron chi connectivity index (χ0n) is 13.1. The van der Waals surface area contributed by atoms with Crippen LogP contribution in [-0.4, -0.2) is 63.4 Å². The summed E-state index contributed by atoms with van der Waals surface area (Å²) in [7, 11) is -1.20. The van der Waals surface area contributed by atoms with E-state index in [2.05, 4.69) is 4.72 Å². The summed E-state index contributed by atoms with van der Waals surface area (Å²) in [6, 6.07) is 4.08. The van der Waals surface area contributed by atoms with Crippen LogP contribution in [0.15, 0.2) is 23.1 Å². The van der Waals surface area contributed by atoms with Crippen molar-refractivity contribution in [3.05, 3.63) is 28.8 Å². The number of benzene rings is 1. The molecule has 1 fully saturated rings. The van der Waals surface area contributed by atoms with Crippen LogP contribution in [0.1, 0.15) is 10.4 Å². The first-order valence-corrected chi connectivity index (χ1v) is 9.93. The molecule has 10 heteroatoms. The van der Waals surface area contributed by atoms with E-state index >= 15 is 0 Å². The van der Waals surface area contributed by atoms with Crippen LogP contribution < -0.4 is 4.72 Å². The quantitative estimate of drug-likeness (QED) is 0.768. The molecule has 1 heterocycles. The van der Waals surface area contributed by atoms with Crippen LogP contribution in [0.25, 0.3) is 0 Å². The normalized spacial score (nSPS) is 18.3. The first-order valence-electron chi connectivity index (χ1n) is 7.02. The van der Waals surface area contributed by atoms with Gasteiger partial charge in [-0.05, 0) is 25.2 Å². The fraction of sp³-hybridized carbons (Fsp3) is 0.429. The number of esters is 1. The van der Waals surface area contributed by atoms with E-state index in [1.165, 1.54) is 49.0 Å². The highest BCUT2D eigenvalue weighted by Gasteiger charge is 2.30. The number of sulfonamides is 1. The van der Waals surface area contributed by atoms with E-state index in [0.29, 0.717) is 12.3 Å². The third-order valence-corrected chi connectivity index (χ3v) is 6.61. The Morgan fingerprint density at radius 1 is 1.42 bits per heavy atom. The third kappa shape index (κ3) is 4.02. The van der Waals surface area contributed by atoms with E-state index < -0.39 is 15.3 Å². The Hall–Kier alpha value is -1.29. The van der Waals surface area contributed by atoms with Crippen LogP contribution in [0.3, 0.4) is 0 Å². The average Bonchev–Trinajstić information content (AvgIpc) is 2.60. The Labute approximate surface area is 149 Å². The molecule has 1 aromatic carbocycles. The summed E-state index contributed by atoms with van der Waals surface area (Å²) in [6.45, 7) is 0.681. The Morgan fingerprint density at radius 2 is 2.12 bits per heavy atom. The zero-order chi connectivity index (χ0) is 17.9. The molecule has 1 aliphatic heterocycles. The molecule has 1 aliphatic rings. The van der Waals surface area contributed by atoms with Crippen LogP contribution in [-0.2, 0) is 19.6 Å². The molecule has 0 unspecified atom stereocenters. The summed E-state index contributed by atoms with van der Waals surface area (Å²) >= 11 is 7.36. The maximum atomic E-state index is 12.6. The number of carbonyl (C=O) groups is 2. The molecule has 0 radical (unpaired) electrons. The van der Waals surface area contributed by atoms with E-state index in [4.69, 9.17) is 16.3 Å². The Bertz CT molecular complexity index is 754. The summed E-state index contributed by atoms with van der Waals surface area (Å²) in [5, 5.41) is -0.414. The molecular formula is C14H17ClN2O5S2. The van der Waals surface area contributed by atoms with Crippen molar-refractivity contribution in [2.45, 2.75) is 10.1 Å². The molecule has 1 N–H and O–H groups in total. The number of halogens is 1. The monoisotopic (exact) mass is 392 g/mol. The Kier molecular flexibility index (Phi) is 6.13. The van der Waals surface area contributed by atoms with Crippen LogP contribution in [0.2, 0.25) is 5.02 Å². The summed E-state index contributed by atoms with van der Waals surface area (Å²) < 4.78 is 30.8. The lowest BCUT2D eigenvalue weighted by molar-refractivity contribution is -0.140. The van der Waals surface area contributed by atoms with Gasteiger partial charge in [0, 0.05) is 24.4 Å². The molecule has 1 atom stereocenters. The number of methoxy groups -OCH3 is 1. The molecule has 0 saturated carbocycles. The molecule has 0 aliphatic carbocycles. The van der Waals surface area contributed by atoms with Gasteiger partial charge < -0.3 is 9.64 Å². The van der Waals surface area contributed by atoms with Gasteiger partial charge in [0.1, 0.15) is 10.1 Å². The molecule has 24 heavy (non-hydrogen) atoms. The van der Waals surface area contributed by atoms with E-state index in [1.807, 2.05) is 0 Å². The second kappa shape index (κ2) is 7.73. The number of nitrogens with one attached hydrogen (secondary N) is 1. The Morgan fingerprint density at radius 3 is 2.75 bits per heavy atom. The second-order valence-corrected chi connectivity index (χ2v) is 8.56. The van der Waals surface area contributed by atoms with Crippen molar-refractivity contribution in [2.24, 2.45) is 0 Å². The molecule has 0 aromatic heterocycles. The number of thioether (sulfide) groups is 1. The summed E-state index contributed by atoms with van der Waals surface area (Å²) in [5.74, 6) is -0.138. The van der Waals surface area contributed by atoms with Gasteiger partial charge in [-0.2, -0.15) is 0 Å². The topological polar surface area (TPSA) is 92.8 Å². The van der Waals surface area contributed by atoms with Crippen LogP contribution in [0.5, 0.6) is 0 Å². The molecule has 0 spiro atoms. The lowest BCUT2D eigenvalue weighted by atomic mass is 10.2. The second-order valence-electron chi connectivity index (χ2n) is 4.99. The lowest BCUT2D eigenvalue weighted by Gasteiger charge is -2.31. The Balaban J connectivity index is 2.27. The van der Waals surface area contributed by atoms with Crippen molar-refractivity contribution in [1.82, 2.24) is 9.62 Å². The average molecular weight is 393 g/mol. The highest BCUT2D eigenvalue weighted by molar-refractivity contribution is 8.00. The number of hydrogen-bond acceptors (Lipinski definition) is 6. The van der Waals surface area contributed by atoms with Gasteiger partial charge in [-0.1, -0.05) is 11.6 Å². The van der Waals surface area contributed by atoms with Crippen molar-refractivity contribution in [1.29, 1.82) is 0 Å². The van der Waals surface area contributed by atoms with Gasteiger partial charge in [0.25, 0.3) is 5.91 Å². The van der Waals surface area contributed by atoms with Gasteiger partial charge in [-0.15, -0.1) is 11.8 Å². The molecular weight excluding hydrogens is 376 g/mol. The predicted octanol–water partition coefficient (Wildman–Crippen LogP) is 0.979. The minimum atomic E-state index is -3.77. The predicted molar refractivity (Wildman–Crippen MR) is 91.9 cm³/mol. The van der Waals surface area contributed by atoms with E-state index in [9.17, 15) is 18.0 Å². The largest absolute Gasteiger partial charge is 0.468 e. The van der Waals surface area contributed by atoms with Gasteiger partial charge in [-0.3, -0.25) is 9.59 Å². The third-order valence-electron chi connectivity index (χ3n) is 3.55. The van der Waals surface area contributed by atoms with Crippen LogP contribution in [0, 0.1) is 0 Å². The fourth-order valence-electron chi connectivity index (χ4n) is 2.24. The van der Waals surface area contributed by atoms with Crippen molar-refractivity contribution in [3.8, 4) is 0 Å². The first-order chi connectivity index (χ1) is 11.3. The van der Waals surface area contributed by atoms with E-state index in [0.717, 1.165) is 0 Å². The van der Waals surface area contributed by atoms with Crippen LogP contribution in [0.4, 0.5) is 0 Å². The minimum absolute atomic E-state index is 0.0301. The van der Waals surface area contributed by atoms with Crippen molar-refractivity contribution < 1.29 is 22.7 Å². The number of rotatable bonds is 4. The molecule has 7 nitrogen and oxygen atoms in total. The molecule has 2 rings (SSSR count). The number of carbonyl (C=O) groups excluding carboxylic acids is 2. The van der Waals surface area contributed by atoms with Crippen molar-refractivity contribution >= 4 is 45.3 Å². The lowest BCUT2D eigenvalue weighted by Crippen LogP contribution is -2.45. The van der Waals surface area contributed by atoms with Crippen LogP contribution >= 0.6 is 23.4 Å². The molecule has 1 aromatic rings.